The van der Waals surface area contributed by atoms with Gasteiger partial charge in [0.25, 0.3) is 0 Å². The first-order valence-electron chi connectivity index (χ1n) is 4.95. The van der Waals surface area contributed by atoms with Crippen LogP contribution in [0.2, 0.25) is 0 Å². The molecule has 0 aliphatic rings. The number of pyridine rings is 1. The predicted molar refractivity (Wildman–Crippen MR) is 58.0 cm³/mol. The van der Waals surface area contributed by atoms with Gasteiger partial charge in [0.15, 0.2) is 0 Å². The van der Waals surface area contributed by atoms with Gasteiger partial charge >= 0.3 is 0 Å². The highest BCUT2D eigenvalue weighted by molar-refractivity contribution is 5.16. The number of hydrogen-bond donors (Lipinski definition) is 1. The summed E-state index contributed by atoms with van der Waals surface area (Å²) in [5, 5.41) is 9.77. The second kappa shape index (κ2) is 5.55. The van der Waals surface area contributed by atoms with E-state index in [9.17, 15) is 5.11 Å². The normalized spacial score (nSPS) is 12.4. The molecule has 2 nitrogen and oxygen atoms in total. The zero-order chi connectivity index (χ0) is 10.4. The monoisotopic (exact) mass is 191 g/mol. The summed E-state index contributed by atoms with van der Waals surface area (Å²) in [7, 11) is 0. The molecule has 0 aliphatic heterocycles. The number of allylic oxidation sites excluding steroid dienone is 1. The molecular weight excluding hydrogens is 174 g/mol. The summed E-state index contributed by atoms with van der Waals surface area (Å²) in [6.45, 7) is 5.65. The van der Waals surface area contributed by atoms with Gasteiger partial charge in [0.05, 0.1) is 11.8 Å². The van der Waals surface area contributed by atoms with Gasteiger partial charge in [-0.15, -0.1) is 6.58 Å². The van der Waals surface area contributed by atoms with Gasteiger partial charge in [0.2, 0.25) is 0 Å². The van der Waals surface area contributed by atoms with Crippen molar-refractivity contribution < 1.29 is 5.11 Å². The maximum absolute atomic E-state index is 9.77. The Labute approximate surface area is 85.3 Å². The Hall–Kier alpha value is -1.15. The minimum atomic E-state index is -0.435. The van der Waals surface area contributed by atoms with Crippen LogP contribution in [0, 0.1) is 6.92 Å². The average molecular weight is 191 g/mol. The van der Waals surface area contributed by atoms with Crippen LogP contribution >= 0.6 is 0 Å². The van der Waals surface area contributed by atoms with Crippen LogP contribution in [-0.4, -0.2) is 10.1 Å². The van der Waals surface area contributed by atoms with Crippen molar-refractivity contribution in [2.75, 3.05) is 0 Å². The summed E-state index contributed by atoms with van der Waals surface area (Å²) in [5.74, 6) is 0. The molecule has 0 aliphatic carbocycles. The molecule has 1 unspecified atom stereocenters. The third-order valence-corrected chi connectivity index (χ3v) is 2.16. The van der Waals surface area contributed by atoms with Crippen LogP contribution in [0.25, 0.3) is 0 Å². The van der Waals surface area contributed by atoms with Crippen LogP contribution in [0.1, 0.15) is 36.6 Å². The number of aryl methyl sites for hydroxylation is 1. The average Bonchev–Trinajstić information content (AvgIpc) is 2.18. The minimum Gasteiger partial charge on any atom is -0.387 e. The van der Waals surface area contributed by atoms with Crippen molar-refractivity contribution in [2.45, 2.75) is 32.3 Å². The van der Waals surface area contributed by atoms with E-state index in [1.165, 1.54) is 0 Å². The molecule has 1 rings (SSSR count). The lowest BCUT2D eigenvalue weighted by atomic mass is 10.1. The molecule has 1 aromatic heterocycles. The second-order valence-electron chi connectivity index (χ2n) is 3.49. The van der Waals surface area contributed by atoms with Gasteiger partial charge in [0, 0.05) is 6.20 Å². The van der Waals surface area contributed by atoms with Crippen molar-refractivity contribution >= 4 is 0 Å². The zero-order valence-electron chi connectivity index (χ0n) is 8.61. The van der Waals surface area contributed by atoms with E-state index in [1.54, 1.807) is 6.20 Å². The summed E-state index contributed by atoms with van der Waals surface area (Å²) in [6.07, 6.45) is 5.83. The maximum Gasteiger partial charge on any atom is 0.0960 e. The highest BCUT2D eigenvalue weighted by Crippen LogP contribution is 2.17. The van der Waals surface area contributed by atoms with Gasteiger partial charge in [-0.05, 0) is 43.9 Å². The molecule has 0 radical (unpaired) electrons. The van der Waals surface area contributed by atoms with Crippen LogP contribution in [0.15, 0.2) is 31.0 Å². The van der Waals surface area contributed by atoms with Crippen molar-refractivity contribution in [1.29, 1.82) is 0 Å². The number of aromatic nitrogens is 1. The smallest absolute Gasteiger partial charge is 0.0960 e. The molecule has 14 heavy (non-hydrogen) atoms. The number of nitrogens with zero attached hydrogens (tertiary/aromatic N) is 1. The van der Waals surface area contributed by atoms with E-state index < -0.39 is 6.10 Å². The van der Waals surface area contributed by atoms with Gasteiger partial charge in [0.1, 0.15) is 0 Å². The van der Waals surface area contributed by atoms with E-state index >= 15 is 0 Å². The van der Waals surface area contributed by atoms with Crippen LogP contribution in [-0.2, 0) is 0 Å². The Kier molecular flexibility index (Phi) is 4.33. The maximum atomic E-state index is 9.77. The van der Waals surface area contributed by atoms with E-state index in [1.807, 2.05) is 25.1 Å². The highest BCUT2D eigenvalue weighted by Gasteiger charge is 2.07. The first-order chi connectivity index (χ1) is 6.74. The van der Waals surface area contributed by atoms with Gasteiger partial charge in [-0.1, -0.05) is 6.08 Å². The minimum absolute atomic E-state index is 0.435. The Morgan fingerprint density at radius 3 is 3.07 bits per heavy atom. The van der Waals surface area contributed by atoms with E-state index in [2.05, 4.69) is 11.6 Å². The molecule has 0 saturated carbocycles. The van der Waals surface area contributed by atoms with Gasteiger partial charge in [-0.2, -0.15) is 0 Å². The summed E-state index contributed by atoms with van der Waals surface area (Å²) in [4.78, 5) is 4.14. The lowest BCUT2D eigenvalue weighted by Gasteiger charge is -2.09. The number of unbranched alkanes of at least 4 members (excludes halogenated alkanes) is 1. The molecule has 1 aromatic rings. The SMILES string of the molecule is C=CCCCC(O)c1cc(C)ccn1. The van der Waals surface area contributed by atoms with Crippen molar-refractivity contribution in [3.8, 4) is 0 Å². The van der Waals surface area contributed by atoms with Crippen molar-refractivity contribution in [1.82, 2.24) is 4.98 Å². The molecular formula is C12H17NO. The molecule has 1 heterocycles. The Morgan fingerprint density at radius 2 is 2.43 bits per heavy atom. The fourth-order valence-electron chi connectivity index (χ4n) is 1.35. The largest absolute Gasteiger partial charge is 0.387 e. The number of rotatable bonds is 5. The van der Waals surface area contributed by atoms with Crippen LogP contribution in [0.3, 0.4) is 0 Å². The summed E-state index contributed by atoms with van der Waals surface area (Å²) >= 11 is 0. The van der Waals surface area contributed by atoms with Crippen molar-refractivity contribution in [3.63, 3.8) is 0 Å². The third-order valence-electron chi connectivity index (χ3n) is 2.16. The Balaban J connectivity index is 2.51. The molecule has 2 heteroatoms. The molecule has 0 aromatic carbocycles. The number of hydrogen-bond acceptors (Lipinski definition) is 2. The van der Waals surface area contributed by atoms with Gasteiger partial charge < -0.3 is 5.11 Å². The van der Waals surface area contributed by atoms with E-state index in [4.69, 9.17) is 0 Å². The fourth-order valence-corrected chi connectivity index (χ4v) is 1.35. The quantitative estimate of drug-likeness (QED) is 0.573. The molecule has 1 N–H and O–H groups in total. The zero-order valence-corrected chi connectivity index (χ0v) is 8.61. The van der Waals surface area contributed by atoms with E-state index in [-0.39, 0.29) is 0 Å². The first kappa shape index (κ1) is 10.9. The number of aliphatic hydroxyl groups is 1. The van der Waals surface area contributed by atoms with E-state index in [0.29, 0.717) is 0 Å². The lowest BCUT2D eigenvalue weighted by molar-refractivity contribution is 0.160. The fraction of sp³-hybridized carbons (Fsp3) is 0.417. The Bertz CT molecular complexity index is 296. The topological polar surface area (TPSA) is 33.1 Å². The Morgan fingerprint density at radius 1 is 1.64 bits per heavy atom. The molecule has 0 spiro atoms. The third kappa shape index (κ3) is 3.30. The van der Waals surface area contributed by atoms with E-state index in [0.717, 1.165) is 30.5 Å². The van der Waals surface area contributed by atoms with Crippen LogP contribution < -0.4 is 0 Å². The molecule has 0 bridgehead atoms. The second-order valence-corrected chi connectivity index (χ2v) is 3.49. The van der Waals surface area contributed by atoms with Crippen LogP contribution in [0.5, 0.6) is 0 Å². The molecule has 76 valence electrons. The summed E-state index contributed by atoms with van der Waals surface area (Å²) in [6, 6.07) is 3.86. The van der Waals surface area contributed by atoms with Gasteiger partial charge in [-0.3, -0.25) is 4.98 Å². The standard InChI is InChI=1S/C12H17NO/c1-3-4-5-6-12(14)11-9-10(2)7-8-13-11/h3,7-9,12,14H,1,4-6H2,2H3. The lowest BCUT2D eigenvalue weighted by Crippen LogP contribution is -2.00. The summed E-state index contributed by atoms with van der Waals surface area (Å²) in [5.41, 5.74) is 1.91. The van der Waals surface area contributed by atoms with Crippen molar-refractivity contribution in [2.24, 2.45) is 0 Å². The van der Waals surface area contributed by atoms with Crippen molar-refractivity contribution in [3.05, 3.63) is 42.2 Å². The van der Waals surface area contributed by atoms with Gasteiger partial charge in [-0.25, -0.2) is 0 Å². The van der Waals surface area contributed by atoms with Crippen LogP contribution in [0.4, 0.5) is 0 Å². The first-order valence-corrected chi connectivity index (χ1v) is 4.95. The molecule has 0 fully saturated rings. The molecule has 1 atom stereocenters. The highest BCUT2D eigenvalue weighted by atomic mass is 16.3. The number of aliphatic hydroxyl groups excluding tert-OH is 1. The molecule has 0 saturated heterocycles. The predicted octanol–water partition coefficient (Wildman–Crippen LogP) is 2.78. The summed E-state index contributed by atoms with van der Waals surface area (Å²) < 4.78 is 0. The molecule has 0 amide bonds.